The van der Waals surface area contributed by atoms with E-state index >= 15 is 0 Å². The summed E-state index contributed by atoms with van der Waals surface area (Å²) in [7, 11) is 0. The molecule has 0 radical (unpaired) electrons. The Kier molecular flexibility index (Phi) is 9.09. The first kappa shape index (κ1) is 26.3. The van der Waals surface area contributed by atoms with E-state index in [1.165, 1.54) is 6.08 Å². The summed E-state index contributed by atoms with van der Waals surface area (Å²) in [5, 5.41) is 15.5. The number of carbonyl (C=O) groups is 2. The highest BCUT2D eigenvalue weighted by Gasteiger charge is 2.13. The van der Waals surface area contributed by atoms with Crippen molar-refractivity contribution in [3.63, 3.8) is 0 Å². The molecule has 8 heteroatoms. The third-order valence-corrected chi connectivity index (χ3v) is 5.29. The van der Waals surface area contributed by atoms with Gasteiger partial charge < -0.3 is 20.1 Å². The number of amides is 2. The Bertz CT molecular complexity index is 1340. The van der Waals surface area contributed by atoms with Gasteiger partial charge in [0, 0.05) is 16.4 Å². The van der Waals surface area contributed by atoms with Gasteiger partial charge in [-0.05, 0) is 79.9 Å². The average molecular weight is 504 g/mol. The summed E-state index contributed by atoms with van der Waals surface area (Å²) in [6.45, 7) is 5.83. The standard InChI is InChI=1S/C28H26ClN3O4/c1-4-35-26-14-20(13-21(16-30)28(34)31-23-7-5-6-22(29)15-23)10-11-25(26)36-17-27(33)32-24-12-18(2)8-9-19(24)3/h5-15H,4,17H2,1-3H3,(H,31,34)(H,32,33)/b21-13-. The number of benzene rings is 3. The molecule has 0 saturated heterocycles. The SMILES string of the molecule is CCOc1cc(/C=C(/C#N)C(=O)Nc2cccc(Cl)c2)ccc1OCC(=O)Nc1cc(C)ccc1C. The largest absolute Gasteiger partial charge is 0.490 e. The van der Waals surface area contributed by atoms with Gasteiger partial charge in [0.15, 0.2) is 18.1 Å². The summed E-state index contributed by atoms with van der Waals surface area (Å²) in [6.07, 6.45) is 1.44. The van der Waals surface area contributed by atoms with Crippen LogP contribution in [-0.4, -0.2) is 25.0 Å². The molecule has 0 heterocycles. The molecule has 0 saturated carbocycles. The lowest BCUT2D eigenvalue weighted by Crippen LogP contribution is -2.21. The van der Waals surface area contributed by atoms with E-state index in [1.54, 1.807) is 42.5 Å². The number of halogens is 1. The van der Waals surface area contributed by atoms with Crippen LogP contribution < -0.4 is 20.1 Å². The van der Waals surface area contributed by atoms with Crippen LogP contribution in [0.25, 0.3) is 6.08 Å². The molecule has 0 aromatic heterocycles. The molecule has 3 rings (SSSR count). The highest BCUT2D eigenvalue weighted by atomic mass is 35.5. The maximum Gasteiger partial charge on any atom is 0.266 e. The first-order valence-electron chi connectivity index (χ1n) is 11.2. The van der Waals surface area contributed by atoms with Crippen molar-refractivity contribution in [2.24, 2.45) is 0 Å². The minimum atomic E-state index is -0.568. The third kappa shape index (κ3) is 7.36. The van der Waals surface area contributed by atoms with Crippen molar-refractivity contribution in [2.75, 3.05) is 23.8 Å². The number of anilines is 2. The molecule has 3 aromatic carbocycles. The fourth-order valence-corrected chi connectivity index (χ4v) is 3.47. The van der Waals surface area contributed by atoms with Crippen LogP contribution in [0.4, 0.5) is 11.4 Å². The number of hydrogen-bond donors (Lipinski definition) is 2. The lowest BCUT2D eigenvalue weighted by molar-refractivity contribution is -0.118. The zero-order valence-electron chi connectivity index (χ0n) is 20.2. The molecule has 184 valence electrons. The molecule has 0 unspecified atom stereocenters. The highest BCUT2D eigenvalue weighted by Crippen LogP contribution is 2.30. The van der Waals surface area contributed by atoms with Gasteiger partial charge in [-0.25, -0.2) is 0 Å². The van der Waals surface area contributed by atoms with Gasteiger partial charge in [-0.1, -0.05) is 35.9 Å². The molecule has 0 atom stereocenters. The van der Waals surface area contributed by atoms with Crippen molar-refractivity contribution < 1.29 is 19.1 Å². The fourth-order valence-electron chi connectivity index (χ4n) is 3.28. The molecule has 0 aliphatic rings. The molecule has 2 N–H and O–H groups in total. The summed E-state index contributed by atoms with van der Waals surface area (Å²) in [5.74, 6) is -0.119. The smallest absolute Gasteiger partial charge is 0.266 e. The molecule has 36 heavy (non-hydrogen) atoms. The van der Waals surface area contributed by atoms with Crippen molar-refractivity contribution in [1.82, 2.24) is 0 Å². The predicted octanol–water partition coefficient (Wildman–Crippen LogP) is 5.92. The molecule has 0 aliphatic carbocycles. The monoisotopic (exact) mass is 503 g/mol. The number of ether oxygens (including phenoxy) is 2. The fraction of sp³-hybridized carbons (Fsp3) is 0.179. The third-order valence-electron chi connectivity index (χ3n) is 5.05. The molecular weight excluding hydrogens is 478 g/mol. The van der Waals surface area contributed by atoms with Crippen molar-refractivity contribution in [2.45, 2.75) is 20.8 Å². The van der Waals surface area contributed by atoms with E-state index in [0.717, 1.165) is 16.8 Å². The molecule has 2 amide bonds. The van der Waals surface area contributed by atoms with Gasteiger partial charge in [-0.2, -0.15) is 5.26 Å². The van der Waals surface area contributed by atoms with E-state index in [4.69, 9.17) is 21.1 Å². The number of nitriles is 1. The maximum atomic E-state index is 12.6. The number of rotatable bonds is 9. The van der Waals surface area contributed by atoms with Gasteiger partial charge in [-0.3, -0.25) is 9.59 Å². The number of nitrogens with one attached hydrogen (secondary N) is 2. The second-order valence-electron chi connectivity index (χ2n) is 7.93. The molecule has 0 fully saturated rings. The van der Waals surface area contributed by atoms with E-state index in [-0.39, 0.29) is 18.1 Å². The Morgan fingerprint density at radius 2 is 1.81 bits per heavy atom. The molecule has 0 aliphatic heterocycles. The number of carbonyl (C=O) groups excluding carboxylic acids is 2. The van der Waals surface area contributed by atoms with Crippen molar-refractivity contribution in [3.05, 3.63) is 87.9 Å². The summed E-state index contributed by atoms with van der Waals surface area (Å²) in [5.41, 5.74) is 3.66. The van der Waals surface area contributed by atoms with Crippen LogP contribution in [0.5, 0.6) is 11.5 Å². The van der Waals surface area contributed by atoms with E-state index in [0.29, 0.717) is 34.4 Å². The normalized spacial score (nSPS) is 10.8. The zero-order valence-corrected chi connectivity index (χ0v) is 21.0. The van der Waals surface area contributed by atoms with Crippen LogP contribution in [0.15, 0.2) is 66.2 Å². The van der Waals surface area contributed by atoms with Gasteiger partial charge >= 0.3 is 0 Å². The molecular formula is C28H26ClN3O4. The lowest BCUT2D eigenvalue weighted by atomic mass is 10.1. The van der Waals surface area contributed by atoms with Gasteiger partial charge in [0.1, 0.15) is 11.6 Å². The highest BCUT2D eigenvalue weighted by molar-refractivity contribution is 6.31. The van der Waals surface area contributed by atoms with Gasteiger partial charge in [-0.15, -0.1) is 0 Å². The Morgan fingerprint density at radius 1 is 1.00 bits per heavy atom. The van der Waals surface area contributed by atoms with E-state index < -0.39 is 5.91 Å². The summed E-state index contributed by atoms with van der Waals surface area (Å²) < 4.78 is 11.4. The maximum absolute atomic E-state index is 12.6. The number of hydrogen-bond acceptors (Lipinski definition) is 5. The minimum absolute atomic E-state index is 0.0982. The van der Waals surface area contributed by atoms with E-state index in [9.17, 15) is 14.9 Å². The summed E-state index contributed by atoms with van der Waals surface area (Å²) >= 11 is 5.95. The second-order valence-corrected chi connectivity index (χ2v) is 8.37. The van der Waals surface area contributed by atoms with Gasteiger partial charge in [0.25, 0.3) is 11.8 Å². The Morgan fingerprint density at radius 3 is 2.53 bits per heavy atom. The van der Waals surface area contributed by atoms with Gasteiger partial charge in [0.05, 0.1) is 6.61 Å². The topological polar surface area (TPSA) is 100 Å². The Labute approximate surface area is 215 Å². The molecule has 3 aromatic rings. The van der Waals surface area contributed by atoms with Crippen molar-refractivity contribution in [1.29, 1.82) is 5.26 Å². The molecule has 7 nitrogen and oxygen atoms in total. The van der Waals surface area contributed by atoms with Crippen LogP contribution in [0, 0.1) is 25.2 Å². The molecule has 0 bridgehead atoms. The number of aryl methyl sites for hydroxylation is 2. The summed E-state index contributed by atoms with van der Waals surface area (Å²) in [6, 6.07) is 19.3. The van der Waals surface area contributed by atoms with Crippen molar-refractivity contribution >= 4 is 40.9 Å². The van der Waals surface area contributed by atoms with Crippen molar-refractivity contribution in [3.8, 4) is 17.6 Å². The van der Waals surface area contributed by atoms with E-state index in [2.05, 4.69) is 10.6 Å². The van der Waals surface area contributed by atoms with Crippen LogP contribution in [-0.2, 0) is 9.59 Å². The second kappa shape index (κ2) is 12.4. The first-order chi connectivity index (χ1) is 17.3. The number of nitrogens with zero attached hydrogens (tertiary/aromatic N) is 1. The quantitative estimate of drug-likeness (QED) is 0.279. The van der Waals surface area contributed by atoms with Crippen LogP contribution in [0.3, 0.4) is 0 Å². The average Bonchev–Trinajstić information content (AvgIpc) is 2.84. The van der Waals surface area contributed by atoms with Gasteiger partial charge in [0.2, 0.25) is 0 Å². The Hall–Kier alpha value is -4.28. The molecule has 0 spiro atoms. The van der Waals surface area contributed by atoms with Crippen LogP contribution in [0.1, 0.15) is 23.6 Å². The minimum Gasteiger partial charge on any atom is -0.490 e. The lowest BCUT2D eigenvalue weighted by Gasteiger charge is -2.14. The van der Waals surface area contributed by atoms with Crippen LogP contribution in [0.2, 0.25) is 5.02 Å². The Balaban J connectivity index is 1.72. The summed E-state index contributed by atoms with van der Waals surface area (Å²) in [4.78, 5) is 25.0. The first-order valence-corrected chi connectivity index (χ1v) is 11.6. The zero-order chi connectivity index (χ0) is 26.1. The van der Waals surface area contributed by atoms with E-state index in [1.807, 2.05) is 45.0 Å². The predicted molar refractivity (Wildman–Crippen MR) is 141 cm³/mol. The van der Waals surface area contributed by atoms with Crippen LogP contribution >= 0.6 is 11.6 Å².